The predicted octanol–water partition coefficient (Wildman–Crippen LogP) is 3.01. The molecule has 1 aliphatic heterocycles. The van der Waals surface area contributed by atoms with Crippen LogP contribution in [0.4, 0.5) is 5.69 Å². The number of aryl methyl sites for hydroxylation is 1. The average molecular weight is 494 g/mol. The molecule has 1 saturated heterocycles. The summed E-state index contributed by atoms with van der Waals surface area (Å²) in [6, 6.07) is 6.88. The van der Waals surface area contributed by atoms with Gasteiger partial charge in [-0.3, -0.25) is 14.4 Å². The molecule has 36 heavy (non-hydrogen) atoms. The Hall–Kier alpha value is -3.66. The van der Waals surface area contributed by atoms with Gasteiger partial charge in [-0.15, -0.1) is 0 Å². The van der Waals surface area contributed by atoms with E-state index in [0.717, 1.165) is 24.2 Å². The van der Waals surface area contributed by atoms with Crippen LogP contribution in [0.3, 0.4) is 0 Å². The quantitative estimate of drug-likeness (QED) is 0.565. The van der Waals surface area contributed by atoms with E-state index in [-0.39, 0.29) is 24.3 Å². The maximum Gasteiger partial charge on any atom is 0.289 e. The number of methoxy groups -OCH3 is 1. The number of carbonyl (C=O) groups is 3. The molecule has 2 fully saturated rings. The highest BCUT2D eigenvalue weighted by Crippen LogP contribution is 2.38. The number of anilines is 1. The van der Waals surface area contributed by atoms with Crippen molar-refractivity contribution in [3.63, 3.8) is 0 Å². The molecule has 1 aliphatic carbocycles. The molecule has 5 rings (SSSR count). The van der Waals surface area contributed by atoms with Crippen molar-refractivity contribution in [2.24, 2.45) is 7.05 Å². The summed E-state index contributed by atoms with van der Waals surface area (Å²) in [7, 11) is 3.41. The van der Waals surface area contributed by atoms with Gasteiger partial charge in [0, 0.05) is 51.9 Å². The molecule has 0 unspecified atom stereocenters. The van der Waals surface area contributed by atoms with Gasteiger partial charge in [0.15, 0.2) is 5.76 Å². The van der Waals surface area contributed by atoms with Crippen LogP contribution in [0.1, 0.15) is 58.3 Å². The van der Waals surface area contributed by atoms with Crippen LogP contribution >= 0.6 is 0 Å². The van der Waals surface area contributed by atoms with Gasteiger partial charge in [-0.05, 0) is 43.5 Å². The molecule has 2 aliphatic rings. The Morgan fingerprint density at radius 3 is 2.47 bits per heavy atom. The van der Waals surface area contributed by atoms with Crippen LogP contribution in [-0.2, 0) is 16.6 Å². The highest BCUT2D eigenvalue weighted by molar-refractivity contribution is 6.08. The number of fused-ring (bicyclic) bond motifs is 1. The molecule has 10 nitrogen and oxygen atoms in total. The molecule has 1 saturated carbocycles. The SMILES string of the molecule is COCC(=O)Nc1cc(C(=O)N2CCCN(C(=O)c3ccco3)CC2)c2c(c1)nc(C1CCC1)n2C. The Morgan fingerprint density at radius 1 is 1.08 bits per heavy atom. The topological polar surface area (TPSA) is 110 Å². The molecule has 10 heteroatoms. The lowest BCUT2D eigenvalue weighted by molar-refractivity contribution is -0.119. The zero-order chi connectivity index (χ0) is 25.2. The van der Waals surface area contributed by atoms with Gasteiger partial charge in [0.25, 0.3) is 11.8 Å². The fourth-order valence-corrected chi connectivity index (χ4v) is 5.01. The lowest BCUT2D eigenvalue weighted by atomic mass is 9.85. The maximum atomic E-state index is 13.9. The van der Waals surface area contributed by atoms with Gasteiger partial charge < -0.3 is 28.8 Å². The number of amides is 3. The van der Waals surface area contributed by atoms with E-state index in [1.54, 1.807) is 28.0 Å². The molecule has 190 valence electrons. The molecule has 3 amide bonds. The van der Waals surface area contributed by atoms with Gasteiger partial charge in [0.2, 0.25) is 5.91 Å². The number of hydrogen-bond donors (Lipinski definition) is 1. The Bertz CT molecular complexity index is 1280. The number of carbonyl (C=O) groups excluding carboxylic acids is 3. The van der Waals surface area contributed by atoms with Crippen molar-refractivity contribution in [3.05, 3.63) is 47.7 Å². The van der Waals surface area contributed by atoms with Crippen molar-refractivity contribution in [1.82, 2.24) is 19.4 Å². The van der Waals surface area contributed by atoms with Gasteiger partial charge in [-0.2, -0.15) is 0 Å². The molecule has 0 radical (unpaired) electrons. The summed E-state index contributed by atoms with van der Waals surface area (Å²) < 4.78 is 12.2. The molecular weight excluding hydrogens is 462 g/mol. The van der Waals surface area contributed by atoms with Gasteiger partial charge in [0.1, 0.15) is 12.4 Å². The number of rotatable bonds is 6. The van der Waals surface area contributed by atoms with E-state index >= 15 is 0 Å². The summed E-state index contributed by atoms with van der Waals surface area (Å²) in [5.74, 6) is 1.05. The Morgan fingerprint density at radius 2 is 1.83 bits per heavy atom. The van der Waals surface area contributed by atoms with Crippen LogP contribution < -0.4 is 5.32 Å². The second kappa shape index (κ2) is 10.1. The number of benzene rings is 1. The Balaban J connectivity index is 1.44. The lowest BCUT2D eigenvalue weighted by Gasteiger charge is -2.25. The van der Waals surface area contributed by atoms with Crippen LogP contribution in [0.25, 0.3) is 11.0 Å². The number of hydrogen-bond acceptors (Lipinski definition) is 6. The van der Waals surface area contributed by atoms with Gasteiger partial charge in [0.05, 0.1) is 22.9 Å². The monoisotopic (exact) mass is 493 g/mol. The largest absolute Gasteiger partial charge is 0.459 e. The third kappa shape index (κ3) is 4.60. The van der Waals surface area contributed by atoms with E-state index < -0.39 is 0 Å². The first-order valence-electron chi connectivity index (χ1n) is 12.4. The molecular formula is C26H31N5O5. The van der Waals surface area contributed by atoms with E-state index in [1.165, 1.54) is 19.8 Å². The van der Waals surface area contributed by atoms with Crippen molar-refractivity contribution in [2.45, 2.75) is 31.6 Å². The van der Waals surface area contributed by atoms with Gasteiger partial charge >= 0.3 is 0 Å². The van der Waals surface area contributed by atoms with Crippen molar-refractivity contribution >= 4 is 34.4 Å². The third-order valence-corrected chi connectivity index (χ3v) is 7.07. The van der Waals surface area contributed by atoms with Crippen molar-refractivity contribution in [3.8, 4) is 0 Å². The zero-order valence-corrected chi connectivity index (χ0v) is 20.7. The van der Waals surface area contributed by atoms with Crippen molar-refractivity contribution < 1.29 is 23.5 Å². The van der Waals surface area contributed by atoms with Crippen LogP contribution in [0, 0.1) is 0 Å². The van der Waals surface area contributed by atoms with Crippen LogP contribution in [0.2, 0.25) is 0 Å². The van der Waals surface area contributed by atoms with Crippen LogP contribution in [-0.4, -0.2) is 77.0 Å². The molecule has 1 N–H and O–H groups in total. The lowest BCUT2D eigenvalue weighted by Crippen LogP contribution is -2.37. The summed E-state index contributed by atoms with van der Waals surface area (Å²) in [5, 5.41) is 2.82. The predicted molar refractivity (Wildman–Crippen MR) is 133 cm³/mol. The minimum atomic E-state index is -0.299. The van der Waals surface area contributed by atoms with Crippen molar-refractivity contribution in [2.75, 3.05) is 45.2 Å². The molecule has 1 aromatic carbocycles. The number of aromatic nitrogens is 2. The maximum absolute atomic E-state index is 13.9. The van der Waals surface area contributed by atoms with Crippen LogP contribution in [0.5, 0.6) is 0 Å². The zero-order valence-electron chi connectivity index (χ0n) is 20.7. The van der Waals surface area contributed by atoms with Gasteiger partial charge in [-0.1, -0.05) is 6.42 Å². The van der Waals surface area contributed by atoms with E-state index in [1.807, 2.05) is 17.7 Å². The summed E-state index contributed by atoms with van der Waals surface area (Å²) >= 11 is 0. The summed E-state index contributed by atoms with van der Waals surface area (Å²) in [4.78, 5) is 47.2. The van der Waals surface area contributed by atoms with Crippen LogP contribution in [0.15, 0.2) is 34.9 Å². The highest BCUT2D eigenvalue weighted by atomic mass is 16.5. The first kappa shape index (κ1) is 24.1. The third-order valence-electron chi connectivity index (χ3n) is 7.07. The first-order chi connectivity index (χ1) is 17.5. The fourth-order valence-electron chi connectivity index (χ4n) is 5.01. The number of nitrogens with zero attached hydrogens (tertiary/aromatic N) is 4. The van der Waals surface area contributed by atoms with E-state index in [4.69, 9.17) is 14.1 Å². The normalized spacial score (nSPS) is 16.6. The minimum Gasteiger partial charge on any atom is -0.459 e. The smallest absolute Gasteiger partial charge is 0.289 e. The van der Waals surface area contributed by atoms with E-state index in [9.17, 15) is 14.4 Å². The van der Waals surface area contributed by atoms with Crippen molar-refractivity contribution in [1.29, 1.82) is 0 Å². The molecule has 2 aromatic heterocycles. The summed E-state index contributed by atoms with van der Waals surface area (Å²) in [6.07, 6.45) is 5.49. The number of nitrogens with one attached hydrogen (secondary N) is 1. The minimum absolute atomic E-state index is 0.0808. The Labute approximate surface area is 209 Å². The van der Waals surface area contributed by atoms with Gasteiger partial charge in [-0.25, -0.2) is 4.98 Å². The second-order valence-corrected chi connectivity index (χ2v) is 9.44. The molecule has 3 heterocycles. The highest BCUT2D eigenvalue weighted by Gasteiger charge is 2.30. The number of furan rings is 1. The van der Waals surface area contributed by atoms with E-state index in [0.29, 0.717) is 61.0 Å². The molecule has 0 bridgehead atoms. The second-order valence-electron chi connectivity index (χ2n) is 9.44. The first-order valence-corrected chi connectivity index (χ1v) is 12.4. The van der Waals surface area contributed by atoms with E-state index in [2.05, 4.69) is 5.32 Å². The molecule has 0 spiro atoms. The number of ether oxygens (including phenoxy) is 1. The molecule has 3 aromatic rings. The summed E-state index contributed by atoms with van der Waals surface area (Å²) in [5.41, 5.74) is 2.45. The summed E-state index contributed by atoms with van der Waals surface area (Å²) in [6.45, 7) is 1.81. The average Bonchev–Trinajstić information content (AvgIpc) is 3.39. The Kier molecular flexibility index (Phi) is 6.77. The fraction of sp³-hybridized carbons (Fsp3) is 0.462. The standard InChI is InChI=1S/C26H31N5O5/c1-29-23-19(25(33)30-9-5-10-31(12-11-30)26(34)21-8-4-13-36-21)14-18(27-22(32)16-35-2)15-20(23)28-24(29)17-6-3-7-17/h4,8,13-15,17H,3,5-7,9-12,16H2,1-2H3,(H,27,32). The number of imidazole rings is 1. The molecule has 0 atom stereocenters.